The van der Waals surface area contributed by atoms with Crippen molar-refractivity contribution in [3.05, 3.63) is 12.2 Å². The van der Waals surface area contributed by atoms with E-state index in [2.05, 4.69) is 0 Å². The summed E-state index contributed by atoms with van der Waals surface area (Å²) in [4.78, 5) is 18.8. The third-order valence-electron chi connectivity index (χ3n) is 0.355. The first-order valence-electron chi connectivity index (χ1n) is 1.73. The molecular formula is C4H6NO4Zn-. The zero-order chi connectivity index (χ0) is 6.57. The predicted molar refractivity (Wildman–Crippen MR) is 25.1 cm³/mol. The summed E-state index contributed by atoms with van der Waals surface area (Å²) in [6, 6.07) is 0. The minimum absolute atomic E-state index is 0. The van der Waals surface area contributed by atoms with Crippen LogP contribution < -0.4 is 16.4 Å². The molecule has 0 aromatic carbocycles. The van der Waals surface area contributed by atoms with E-state index < -0.39 is 11.9 Å². The monoisotopic (exact) mass is 196 g/mol. The molecule has 10 heavy (non-hydrogen) atoms. The van der Waals surface area contributed by atoms with E-state index in [1.807, 2.05) is 0 Å². The fourth-order valence-corrected chi connectivity index (χ4v) is 0.136. The van der Waals surface area contributed by atoms with Crippen LogP contribution in [0.1, 0.15) is 0 Å². The van der Waals surface area contributed by atoms with Gasteiger partial charge in [-0.05, 0) is 12.2 Å². The van der Waals surface area contributed by atoms with Crippen molar-refractivity contribution in [3.63, 3.8) is 0 Å². The molecule has 0 aromatic rings. The fourth-order valence-electron chi connectivity index (χ4n) is 0.136. The molecule has 0 aliphatic heterocycles. The van der Waals surface area contributed by atoms with Crippen molar-refractivity contribution in [1.29, 1.82) is 0 Å². The summed E-state index contributed by atoms with van der Waals surface area (Å²) in [5, 5.41) is 18.8. The molecule has 54 valence electrons. The predicted octanol–water partition coefficient (Wildman–Crippen LogP) is -2.58. The molecule has 0 rings (SSSR count). The number of carbonyl (C=O) groups excluding carboxylic acids is 2. The minimum atomic E-state index is -1.55. The Bertz CT molecular complexity index is 128. The van der Waals surface area contributed by atoms with Crippen LogP contribution in [0.5, 0.6) is 0 Å². The van der Waals surface area contributed by atoms with Crippen LogP contribution >= 0.6 is 0 Å². The first kappa shape index (κ1) is 16.1. The summed E-state index contributed by atoms with van der Waals surface area (Å²) in [6.45, 7) is 0. The van der Waals surface area contributed by atoms with E-state index >= 15 is 0 Å². The Balaban J connectivity index is -0.000000245. The Morgan fingerprint density at radius 2 is 1.20 bits per heavy atom. The molecule has 4 N–H and O–H groups in total. The number of hydrogen-bond acceptors (Lipinski definition) is 4. The molecule has 0 bridgehead atoms. The van der Waals surface area contributed by atoms with Gasteiger partial charge in [0.2, 0.25) is 0 Å². The zero-order valence-corrected chi connectivity index (χ0v) is 8.46. The van der Waals surface area contributed by atoms with Gasteiger partial charge in [-0.1, -0.05) is 0 Å². The fraction of sp³-hybridized carbons (Fsp3) is 0. The third-order valence-corrected chi connectivity index (χ3v) is 0.355. The molecule has 0 spiro atoms. The molecule has 0 saturated heterocycles. The molecular weight excluding hydrogens is 191 g/mol. The summed E-state index contributed by atoms with van der Waals surface area (Å²) >= 11 is 0. The Labute approximate surface area is 70.1 Å². The van der Waals surface area contributed by atoms with Crippen molar-refractivity contribution >= 4 is 11.9 Å². The summed E-state index contributed by atoms with van der Waals surface area (Å²) in [7, 11) is 0. The van der Waals surface area contributed by atoms with E-state index in [-0.39, 0.29) is 25.6 Å². The smallest absolute Gasteiger partial charge is 0.0643 e. The minimum Gasteiger partial charge on any atom is -0.545 e. The van der Waals surface area contributed by atoms with Gasteiger partial charge in [0.1, 0.15) is 0 Å². The van der Waals surface area contributed by atoms with Gasteiger partial charge in [-0.2, -0.15) is 0 Å². The van der Waals surface area contributed by atoms with Crippen LogP contribution in [-0.2, 0) is 29.1 Å². The molecule has 0 aliphatic rings. The molecule has 5 nitrogen and oxygen atoms in total. The quantitative estimate of drug-likeness (QED) is 0.386. The second-order valence-corrected chi connectivity index (χ2v) is 0.971. The number of carbonyl (C=O) groups is 2. The standard InChI is InChI=1S/C4H4O4.H3N.Zn/c5-3(6)1-2-4(7)8;;/h1-2H,(H,5,6)(H,7,8);1H3;/p-1. The van der Waals surface area contributed by atoms with Gasteiger partial charge in [0.25, 0.3) is 0 Å². The Kier molecular flexibility index (Phi) is 13.3. The largest absolute Gasteiger partial charge is 0.545 e. The van der Waals surface area contributed by atoms with Crippen molar-refractivity contribution in [1.82, 2.24) is 6.15 Å². The van der Waals surface area contributed by atoms with Crippen LogP contribution in [0.3, 0.4) is 0 Å². The van der Waals surface area contributed by atoms with Gasteiger partial charge in [-0.25, -0.2) is 0 Å². The van der Waals surface area contributed by atoms with E-state index in [9.17, 15) is 19.8 Å². The topological polar surface area (TPSA) is 117 Å². The molecule has 6 heteroatoms. The second kappa shape index (κ2) is 8.26. The molecule has 0 aromatic heterocycles. The third kappa shape index (κ3) is 15.7. The maximum absolute atomic E-state index is 9.41. The summed E-state index contributed by atoms with van der Waals surface area (Å²) in [6.07, 6.45) is 0.769. The molecule has 0 heterocycles. The first-order valence-corrected chi connectivity index (χ1v) is 1.73. The molecule has 0 radical (unpaired) electrons. The molecule has 0 aliphatic carbocycles. The van der Waals surface area contributed by atoms with Crippen molar-refractivity contribution in [3.8, 4) is 0 Å². The maximum atomic E-state index is 9.41. The van der Waals surface area contributed by atoms with E-state index in [1.165, 1.54) is 0 Å². The second-order valence-electron chi connectivity index (χ2n) is 0.971. The molecule has 0 unspecified atom stereocenters. The number of rotatable bonds is 2. The molecule has 0 fully saturated rings. The number of quaternary nitrogens is 1. The molecule has 0 saturated carbocycles. The van der Waals surface area contributed by atoms with Crippen molar-refractivity contribution in [2.24, 2.45) is 0 Å². The maximum Gasteiger partial charge on any atom is 0.0643 e. The normalized spacial score (nSPS) is 7.60. The van der Waals surface area contributed by atoms with Gasteiger partial charge in [0.05, 0.1) is 11.9 Å². The number of carboxylic acids is 2. The van der Waals surface area contributed by atoms with Crippen LogP contribution in [-0.4, -0.2) is 11.9 Å². The van der Waals surface area contributed by atoms with Crippen LogP contribution in [0.2, 0.25) is 0 Å². The van der Waals surface area contributed by atoms with Gasteiger partial charge in [0, 0.05) is 19.5 Å². The number of hydrogen-bond donors (Lipinski definition) is 1. The van der Waals surface area contributed by atoms with Crippen LogP contribution in [0.4, 0.5) is 0 Å². The van der Waals surface area contributed by atoms with Crippen molar-refractivity contribution in [2.75, 3.05) is 0 Å². The summed E-state index contributed by atoms with van der Waals surface area (Å²) in [5.74, 6) is -3.09. The Hall–Kier alpha value is -0.737. The van der Waals surface area contributed by atoms with Crippen LogP contribution in [0.25, 0.3) is 0 Å². The van der Waals surface area contributed by atoms with Gasteiger partial charge in [-0.3, -0.25) is 0 Å². The average Bonchev–Trinajstić information content (AvgIpc) is 1.61. The van der Waals surface area contributed by atoms with Gasteiger partial charge in [0.15, 0.2) is 0 Å². The van der Waals surface area contributed by atoms with Crippen molar-refractivity contribution in [2.45, 2.75) is 0 Å². The van der Waals surface area contributed by atoms with Gasteiger partial charge in [-0.15, -0.1) is 0 Å². The summed E-state index contributed by atoms with van der Waals surface area (Å²) < 4.78 is 0. The Morgan fingerprint density at radius 1 is 1.00 bits per heavy atom. The van der Waals surface area contributed by atoms with Crippen molar-refractivity contribution < 1.29 is 39.3 Å². The number of aliphatic carboxylic acids is 2. The average molecular weight is 197 g/mol. The molecule has 0 amide bonds. The van der Waals surface area contributed by atoms with Gasteiger partial charge < -0.3 is 26.0 Å². The van der Waals surface area contributed by atoms with E-state index in [0.717, 1.165) is 0 Å². The Morgan fingerprint density at radius 3 is 1.30 bits per heavy atom. The molecule has 0 atom stereocenters. The van der Waals surface area contributed by atoms with E-state index in [0.29, 0.717) is 12.2 Å². The van der Waals surface area contributed by atoms with Crippen LogP contribution in [0, 0.1) is 0 Å². The van der Waals surface area contributed by atoms with E-state index in [1.54, 1.807) is 0 Å². The zero-order valence-electron chi connectivity index (χ0n) is 5.49. The first-order chi connectivity index (χ1) is 3.63. The van der Waals surface area contributed by atoms with Gasteiger partial charge >= 0.3 is 0 Å². The van der Waals surface area contributed by atoms with E-state index in [4.69, 9.17) is 0 Å². The van der Waals surface area contributed by atoms with Crippen LogP contribution in [0.15, 0.2) is 12.2 Å². The number of carboxylic acid groups (broad SMARTS) is 2. The SMILES string of the molecule is O=C([O-])C=CC(=O)[O-].[NH4+].[Zn]. The summed E-state index contributed by atoms with van der Waals surface area (Å²) in [5.41, 5.74) is 0.